The van der Waals surface area contributed by atoms with Crippen LogP contribution in [-0.4, -0.2) is 42.5 Å². The van der Waals surface area contributed by atoms with Gasteiger partial charge in [0.15, 0.2) is 0 Å². The maximum atomic E-state index is 12.6. The average Bonchev–Trinajstić information content (AvgIpc) is 2.41. The third-order valence-corrected chi connectivity index (χ3v) is 2.92. The predicted octanol–water partition coefficient (Wildman–Crippen LogP) is 1.92. The molecule has 0 saturated carbocycles. The molecule has 0 spiro atoms. The van der Waals surface area contributed by atoms with Crippen molar-refractivity contribution < 1.29 is 14.5 Å². The van der Waals surface area contributed by atoms with Crippen molar-refractivity contribution in [1.29, 1.82) is 0 Å². The Hall–Kier alpha value is -2.15. The SMILES string of the molecule is COCCN(CC(C)C)C(=O)c1cccc(N)c1[N+](=O)[O-]. The molecule has 0 aliphatic rings. The number of amides is 1. The topological polar surface area (TPSA) is 98.7 Å². The minimum absolute atomic E-state index is 0.0109. The van der Waals surface area contributed by atoms with Crippen molar-refractivity contribution in [2.45, 2.75) is 13.8 Å². The van der Waals surface area contributed by atoms with Crippen molar-refractivity contribution in [3.05, 3.63) is 33.9 Å². The molecular weight excluding hydrogens is 274 g/mol. The van der Waals surface area contributed by atoms with Gasteiger partial charge in [-0.25, -0.2) is 0 Å². The molecule has 116 valence electrons. The molecule has 0 aliphatic carbocycles. The number of ether oxygens (including phenoxy) is 1. The summed E-state index contributed by atoms with van der Waals surface area (Å²) in [5, 5.41) is 11.1. The number of anilines is 1. The maximum absolute atomic E-state index is 12.6. The molecule has 1 aromatic carbocycles. The van der Waals surface area contributed by atoms with E-state index in [1.54, 1.807) is 18.1 Å². The number of nitro benzene ring substituents is 1. The summed E-state index contributed by atoms with van der Waals surface area (Å²) in [4.78, 5) is 24.6. The lowest BCUT2D eigenvalue weighted by Crippen LogP contribution is -2.37. The Morgan fingerprint density at radius 3 is 2.67 bits per heavy atom. The lowest BCUT2D eigenvalue weighted by atomic mass is 10.1. The van der Waals surface area contributed by atoms with Crippen LogP contribution in [-0.2, 0) is 4.74 Å². The Bertz CT molecular complexity index is 517. The van der Waals surface area contributed by atoms with Gasteiger partial charge in [0.2, 0.25) is 0 Å². The third-order valence-electron chi connectivity index (χ3n) is 2.92. The quantitative estimate of drug-likeness (QED) is 0.470. The monoisotopic (exact) mass is 295 g/mol. The number of nitro groups is 1. The van der Waals surface area contributed by atoms with Crippen molar-refractivity contribution in [3.63, 3.8) is 0 Å². The molecule has 1 rings (SSSR count). The van der Waals surface area contributed by atoms with E-state index < -0.39 is 10.8 Å². The van der Waals surface area contributed by atoms with E-state index in [-0.39, 0.29) is 22.9 Å². The van der Waals surface area contributed by atoms with Gasteiger partial charge in [-0.15, -0.1) is 0 Å². The zero-order chi connectivity index (χ0) is 16.0. The number of para-hydroxylation sites is 1. The third kappa shape index (κ3) is 4.42. The van der Waals surface area contributed by atoms with E-state index in [1.807, 2.05) is 13.8 Å². The van der Waals surface area contributed by atoms with Crippen LogP contribution in [0.5, 0.6) is 0 Å². The molecule has 1 amide bonds. The van der Waals surface area contributed by atoms with E-state index in [9.17, 15) is 14.9 Å². The molecule has 0 bridgehead atoms. The predicted molar refractivity (Wildman–Crippen MR) is 80.1 cm³/mol. The largest absolute Gasteiger partial charge is 0.393 e. The van der Waals surface area contributed by atoms with Crippen LogP contribution >= 0.6 is 0 Å². The Balaban J connectivity index is 3.14. The van der Waals surface area contributed by atoms with E-state index in [2.05, 4.69) is 0 Å². The van der Waals surface area contributed by atoms with Crippen LogP contribution in [0.1, 0.15) is 24.2 Å². The highest BCUT2D eigenvalue weighted by Crippen LogP contribution is 2.27. The van der Waals surface area contributed by atoms with Crippen LogP contribution in [0.4, 0.5) is 11.4 Å². The highest BCUT2D eigenvalue weighted by molar-refractivity contribution is 6.00. The number of nitrogens with zero attached hydrogens (tertiary/aromatic N) is 2. The van der Waals surface area contributed by atoms with Gasteiger partial charge in [-0.3, -0.25) is 14.9 Å². The van der Waals surface area contributed by atoms with Gasteiger partial charge in [0.1, 0.15) is 11.3 Å². The van der Waals surface area contributed by atoms with Crippen molar-refractivity contribution >= 4 is 17.3 Å². The first kappa shape index (κ1) is 16.9. The summed E-state index contributed by atoms with van der Waals surface area (Å²) in [6.07, 6.45) is 0. The molecule has 7 nitrogen and oxygen atoms in total. The summed E-state index contributed by atoms with van der Waals surface area (Å²) in [5.41, 5.74) is 5.28. The van der Waals surface area contributed by atoms with Crippen LogP contribution in [0.15, 0.2) is 18.2 Å². The minimum Gasteiger partial charge on any atom is -0.393 e. The first-order chi connectivity index (χ1) is 9.88. The highest BCUT2D eigenvalue weighted by Gasteiger charge is 2.27. The Labute approximate surface area is 123 Å². The van der Waals surface area contributed by atoms with Gasteiger partial charge >= 0.3 is 5.69 Å². The Morgan fingerprint density at radius 2 is 2.14 bits per heavy atom. The van der Waals surface area contributed by atoms with E-state index in [1.165, 1.54) is 12.1 Å². The molecular formula is C14H21N3O4. The van der Waals surface area contributed by atoms with Gasteiger partial charge in [-0.05, 0) is 18.1 Å². The van der Waals surface area contributed by atoms with Crippen molar-refractivity contribution in [2.75, 3.05) is 32.5 Å². The fourth-order valence-electron chi connectivity index (χ4n) is 2.03. The number of hydrogen-bond donors (Lipinski definition) is 1. The summed E-state index contributed by atoms with van der Waals surface area (Å²) >= 11 is 0. The second-order valence-electron chi connectivity index (χ2n) is 5.14. The number of methoxy groups -OCH3 is 1. The molecule has 0 unspecified atom stereocenters. The van der Waals surface area contributed by atoms with E-state index in [0.717, 1.165) is 0 Å². The molecule has 0 radical (unpaired) electrons. The van der Waals surface area contributed by atoms with E-state index >= 15 is 0 Å². The molecule has 0 saturated heterocycles. The molecule has 0 aliphatic heterocycles. The number of nitrogens with two attached hydrogens (primary N) is 1. The smallest absolute Gasteiger partial charge is 0.304 e. The van der Waals surface area contributed by atoms with Crippen molar-refractivity contribution in [2.24, 2.45) is 5.92 Å². The molecule has 7 heteroatoms. The second-order valence-corrected chi connectivity index (χ2v) is 5.14. The summed E-state index contributed by atoms with van der Waals surface area (Å²) in [6.45, 7) is 5.18. The number of hydrogen-bond acceptors (Lipinski definition) is 5. The Kier molecular flexibility index (Phi) is 6.10. The highest BCUT2D eigenvalue weighted by atomic mass is 16.6. The fourth-order valence-corrected chi connectivity index (χ4v) is 2.03. The maximum Gasteiger partial charge on any atom is 0.304 e. The van der Waals surface area contributed by atoms with Crippen LogP contribution in [0.25, 0.3) is 0 Å². The summed E-state index contributed by atoms with van der Waals surface area (Å²) in [6, 6.07) is 4.38. The van der Waals surface area contributed by atoms with Crippen molar-refractivity contribution in [1.82, 2.24) is 4.90 Å². The minimum atomic E-state index is -0.619. The number of rotatable bonds is 7. The lowest BCUT2D eigenvalue weighted by molar-refractivity contribution is -0.384. The molecule has 1 aromatic rings. The fraction of sp³-hybridized carbons (Fsp3) is 0.500. The summed E-state index contributed by atoms with van der Waals surface area (Å²) < 4.78 is 4.99. The second kappa shape index (κ2) is 7.58. The summed E-state index contributed by atoms with van der Waals surface area (Å²) in [7, 11) is 1.54. The summed E-state index contributed by atoms with van der Waals surface area (Å²) in [5.74, 6) is -0.161. The van der Waals surface area contributed by atoms with Gasteiger partial charge < -0.3 is 15.4 Å². The van der Waals surface area contributed by atoms with E-state index in [4.69, 9.17) is 10.5 Å². The molecule has 21 heavy (non-hydrogen) atoms. The van der Waals surface area contributed by atoms with Crippen molar-refractivity contribution in [3.8, 4) is 0 Å². The number of carbonyl (C=O) groups is 1. The first-order valence-electron chi connectivity index (χ1n) is 6.69. The van der Waals surface area contributed by atoms with Gasteiger partial charge in [-0.2, -0.15) is 0 Å². The zero-order valence-electron chi connectivity index (χ0n) is 12.5. The average molecular weight is 295 g/mol. The van der Waals surface area contributed by atoms with Gasteiger partial charge in [0.05, 0.1) is 11.5 Å². The molecule has 0 aromatic heterocycles. The van der Waals surface area contributed by atoms with Crippen LogP contribution < -0.4 is 5.73 Å². The van der Waals surface area contributed by atoms with Crippen LogP contribution in [0.2, 0.25) is 0 Å². The van der Waals surface area contributed by atoms with Gasteiger partial charge in [0, 0.05) is 20.2 Å². The normalized spacial score (nSPS) is 10.7. The molecule has 0 atom stereocenters. The van der Waals surface area contributed by atoms with Crippen LogP contribution in [0.3, 0.4) is 0 Å². The zero-order valence-corrected chi connectivity index (χ0v) is 12.5. The first-order valence-corrected chi connectivity index (χ1v) is 6.69. The number of nitrogen functional groups attached to an aromatic ring is 1. The van der Waals surface area contributed by atoms with Gasteiger partial charge in [0.25, 0.3) is 5.91 Å². The standard InChI is InChI=1S/C14H21N3O4/c1-10(2)9-16(7-8-21-3)14(18)11-5-4-6-12(15)13(11)17(19)20/h4-6,10H,7-9,15H2,1-3H3. The molecule has 0 heterocycles. The van der Waals surface area contributed by atoms with E-state index in [0.29, 0.717) is 19.7 Å². The molecule has 2 N–H and O–H groups in total. The Morgan fingerprint density at radius 1 is 1.48 bits per heavy atom. The number of carbonyl (C=O) groups excluding carboxylic acids is 1. The van der Waals surface area contributed by atoms with Crippen LogP contribution in [0, 0.1) is 16.0 Å². The lowest BCUT2D eigenvalue weighted by Gasteiger charge is -2.24. The van der Waals surface area contributed by atoms with Gasteiger partial charge in [-0.1, -0.05) is 19.9 Å². The number of benzene rings is 1. The molecule has 0 fully saturated rings.